The third-order valence-electron chi connectivity index (χ3n) is 4.05. The summed E-state index contributed by atoms with van der Waals surface area (Å²) in [7, 11) is 0. The van der Waals surface area contributed by atoms with Crippen molar-refractivity contribution in [1.29, 1.82) is 0 Å². The fourth-order valence-electron chi connectivity index (χ4n) is 2.43. The number of rotatable bonds is 14. The van der Waals surface area contributed by atoms with Crippen molar-refractivity contribution in [2.75, 3.05) is 18.6 Å². The van der Waals surface area contributed by atoms with Gasteiger partial charge in [-0.15, -0.1) is 23.1 Å². The Morgan fingerprint density at radius 1 is 1.28 bits per heavy atom. The molecule has 0 saturated carbocycles. The highest BCUT2D eigenvalue weighted by Crippen LogP contribution is 2.17. The van der Waals surface area contributed by atoms with Gasteiger partial charge < -0.3 is 10.6 Å². The lowest BCUT2D eigenvalue weighted by atomic mass is 10.1. The van der Waals surface area contributed by atoms with E-state index < -0.39 is 6.04 Å². The van der Waals surface area contributed by atoms with E-state index in [1.807, 2.05) is 30.7 Å². The second-order valence-corrected chi connectivity index (χ2v) is 9.67. The van der Waals surface area contributed by atoms with Gasteiger partial charge in [0.2, 0.25) is 11.8 Å². The zero-order valence-electron chi connectivity index (χ0n) is 18.8. The molecule has 0 spiro atoms. The Morgan fingerprint density at radius 3 is 2.69 bits per heavy atom. The summed E-state index contributed by atoms with van der Waals surface area (Å²) >= 11 is 4.03. The average molecular weight is 499 g/mol. The van der Waals surface area contributed by atoms with Crippen LogP contribution in [0.3, 0.4) is 0 Å². The van der Waals surface area contributed by atoms with Crippen LogP contribution in [0.15, 0.2) is 22.5 Å². The molecule has 0 radical (unpaired) electrons. The van der Waals surface area contributed by atoms with E-state index in [1.54, 1.807) is 6.92 Å². The van der Waals surface area contributed by atoms with Crippen molar-refractivity contribution in [2.45, 2.75) is 46.2 Å². The Bertz CT molecular complexity index is 839. The number of carbonyl (C=O) groups excluding carboxylic acids is 4. The molecule has 0 aliphatic carbocycles. The lowest BCUT2D eigenvalue weighted by Crippen LogP contribution is -2.35. The van der Waals surface area contributed by atoms with E-state index in [0.717, 1.165) is 22.8 Å². The Hall–Kier alpha value is -1.98. The Kier molecular flexibility index (Phi) is 13.8. The van der Waals surface area contributed by atoms with Crippen LogP contribution in [0.5, 0.6) is 0 Å². The van der Waals surface area contributed by atoms with Crippen molar-refractivity contribution >= 4 is 63.1 Å². The normalized spacial score (nSPS) is 13.6. The molecule has 11 heteroatoms. The van der Waals surface area contributed by atoms with Crippen molar-refractivity contribution in [3.05, 3.63) is 28.2 Å². The van der Waals surface area contributed by atoms with Crippen molar-refractivity contribution in [2.24, 2.45) is 10.9 Å². The topological polar surface area (TPSA) is 118 Å². The molecule has 0 unspecified atom stereocenters. The van der Waals surface area contributed by atoms with Crippen LogP contribution >= 0.6 is 34.9 Å². The van der Waals surface area contributed by atoms with Gasteiger partial charge in [-0.1, -0.05) is 30.8 Å². The largest absolute Gasteiger partial charge is 0.350 e. The number of amides is 2. The van der Waals surface area contributed by atoms with Crippen LogP contribution in [-0.4, -0.2) is 57.8 Å². The number of nitrogens with one attached hydrogen (secondary N) is 2. The molecule has 0 bridgehead atoms. The molecule has 0 fully saturated rings. The molecule has 1 aromatic rings. The van der Waals surface area contributed by atoms with Gasteiger partial charge in [-0.3, -0.25) is 24.2 Å². The number of nitrogens with zero attached hydrogens (tertiary/aromatic N) is 2. The number of thioether (sulfide) groups is 2. The molecule has 1 heterocycles. The first-order valence-electron chi connectivity index (χ1n) is 10.1. The number of ketones is 1. The standard InChI is InChI=1S/C21H30N4O4S3/c1-14(7-5-6-8-31-13-26)9-18(28)22-11-19-25-17(12-32-19)21(30-4)24-16(3)20(29)23-10-15(2)27/h5,7,12-14,16H,6,8-11H2,1-4H3,(H,22,28)(H,23,29)/b7-5+,24-21?/t14-,16-/m1/s1. The average Bonchev–Trinajstić information content (AvgIpc) is 3.22. The van der Waals surface area contributed by atoms with E-state index in [4.69, 9.17) is 0 Å². The zero-order chi connectivity index (χ0) is 23.9. The predicted molar refractivity (Wildman–Crippen MR) is 134 cm³/mol. The first-order chi connectivity index (χ1) is 15.3. The summed E-state index contributed by atoms with van der Waals surface area (Å²) in [6.07, 6.45) is 7.01. The van der Waals surface area contributed by atoms with Crippen LogP contribution in [0, 0.1) is 5.92 Å². The summed E-state index contributed by atoms with van der Waals surface area (Å²) in [6, 6.07) is -0.645. The van der Waals surface area contributed by atoms with Gasteiger partial charge in [0, 0.05) is 17.6 Å². The van der Waals surface area contributed by atoms with E-state index in [2.05, 4.69) is 20.6 Å². The third kappa shape index (κ3) is 11.6. The molecular weight excluding hydrogens is 468 g/mol. The summed E-state index contributed by atoms with van der Waals surface area (Å²) < 4.78 is 0. The summed E-state index contributed by atoms with van der Waals surface area (Å²) in [4.78, 5) is 54.4. The highest BCUT2D eigenvalue weighted by molar-refractivity contribution is 8.13. The molecule has 0 saturated heterocycles. The summed E-state index contributed by atoms with van der Waals surface area (Å²) in [5.74, 6) is 0.351. The molecule has 32 heavy (non-hydrogen) atoms. The molecule has 2 amide bonds. The van der Waals surface area contributed by atoms with Gasteiger partial charge in [0.1, 0.15) is 27.6 Å². The second-order valence-electron chi connectivity index (χ2n) is 7.00. The molecule has 2 atom stereocenters. The van der Waals surface area contributed by atoms with E-state index in [-0.39, 0.29) is 30.1 Å². The van der Waals surface area contributed by atoms with Crippen molar-refractivity contribution in [3.8, 4) is 0 Å². The molecule has 0 aliphatic rings. The van der Waals surface area contributed by atoms with E-state index in [9.17, 15) is 19.2 Å². The molecule has 8 nitrogen and oxygen atoms in total. The minimum atomic E-state index is -0.645. The number of hydrogen-bond acceptors (Lipinski definition) is 9. The maximum atomic E-state index is 12.2. The van der Waals surface area contributed by atoms with Crippen molar-refractivity contribution in [1.82, 2.24) is 15.6 Å². The van der Waals surface area contributed by atoms with E-state index in [1.165, 1.54) is 41.8 Å². The SMILES string of the molecule is CSC(=N[C@H](C)C(=O)NCC(C)=O)c1csc(CNC(=O)C[C@H](C)/C=C/CCSC=O)n1. The fraction of sp³-hybridized carbons (Fsp3) is 0.524. The van der Waals surface area contributed by atoms with Gasteiger partial charge in [0.05, 0.1) is 13.1 Å². The van der Waals surface area contributed by atoms with Crippen LogP contribution in [0.2, 0.25) is 0 Å². The number of allylic oxidation sites excluding steroid dienone is 2. The monoisotopic (exact) mass is 498 g/mol. The summed E-state index contributed by atoms with van der Waals surface area (Å²) in [5, 5.41) is 8.64. The molecule has 1 rings (SSSR count). The smallest absolute Gasteiger partial charge is 0.244 e. The van der Waals surface area contributed by atoms with Crippen LogP contribution in [0.1, 0.15) is 44.3 Å². The maximum Gasteiger partial charge on any atom is 0.244 e. The Labute approximate surface area is 201 Å². The van der Waals surface area contributed by atoms with Gasteiger partial charge in [-0.05, 0) is 32.4 Å². The minimum absolute atomic E-state index is 0.0124. The fourth-order valence-corrected chi connectivity index (χ4v) is 4.17. The molecule has 0 aliphatic heterocycles. The highest BCUT2D eigenvalue weighted by Gasteiger charge is 2.16. The van der Waals surface area contributed by atoms with Gasteiger partial charge in [-0.25, -0.2) is 4.98 Å². The van der Waals surface area contributed by atoms with Gasteiger partial charge in [0.25, 0.3) is 0 Å². The number of aliphatic imine (C=N–C) groups is 1. The van der Waals surface area contributed by atoms with Crippen LogP contribution in [0.4, 0.5) is 0 Å². The van der Waals surface area contributed by atoms with E-state index >= 15 is 0 Å². The van der Waals surface area contributed by atoms with Crippen LogP contribution in [0.25, 0.3) is 0 Å². The minimum Gasteiger partial charge on any atom is -0.350 e. The quantitative estimate of drug-likeness (QED) is 0.133. The van der Waals surface area contributed by atoms with E-state index in [0.29, 0.717) is 23.7 Å². The zero-order valence-corrected chi connectivity index (χ0v) is 21.2. The number of aromatic nitrogens is 1. The highest BCUT2D eigenvalue weighted by atomic mass is 32.2. The first kappa shape index (κ1) is 28.1. The second kappa shape index (κ2) is 15.8. The molecule has 2 N–H and O–H groups in total. The van der Waals surface area contributed by atoms with Gasteiger partial charge >= 0.3 is 0 Å². The van der Waals surface area contributed by atoms with Crippen molar-refractivity contribution < 1.29 is 19.2 Å². The summed E-state index contributed by atoms with van der Waals surface area (Å²) in [6.45, 7) is 5.36. The Balaban J connectivity index is 2.55. The maximum absolute atomic E-state index is 12.2. The van der Waals surface area contributed by atoms with Crippen LogP contribution in [-0.2, 0) is 25.7 Å². The molecule has 1 aromatic heterocycles. The lowest BCUT2D eigenvalue weighted by molar-refractivity contribution is -0.125. The third-order valence-corrected chi connectivity index (χ3v) is 6.20. The lowest BCUT2D eigenvalue weighted by Gasteiger charge is -2.09. The Morgan fingerprint density at radius 2 is 2.03 bits per heavy atom. The molecule has 0 aromatic carbocycles. The van der Waals surface area contributed by atoms with Crippen molar-refractivity contribution in [3.63, 3.8) is 0 Å². The van der Waals surface area contributed by atoms with Crippen LogP contribution < -0.4 is 10.6 Å². The number of hydrogen-bond donors (Lipinski definition) is 2. The molecular formula is C21H30N4O4S3. The molecule has 176 valence electrons. The summed E-state index contributed by atoms with van der Waals surface area (Å²) in [5.41, 5.74) is 1.49. The number of thiazole rings is 1. The van der Waals surface area contributed by atoms with Gasteiger partial charge in [-0.2, -0.15) is 0 Å². The number of carbonyl (C=O) groups is 4. The first-order valence-corrected chi connectivity index (χ1v) is 13.2. The van der Waals surface area contributed by atoms with Gasteiger partial charge in [0.15, 0.2) is 5.62 Å². The number of Topliss-reactive ketones (excluding diaryl/α,β-unsaturated/α-hetero) is 1. The predicted octanol–water partition coefficient (Wildman–Crippen LogP) is 2.86.